The minimum atomic E-state index is -1.18. The van der Waals surface area contributed by atoms with Gasteiger partial charge in [-0.1, -0.05) is 15.9 Å². The Hall–Kier alpha value is -0.170. The van der Waals surface area contributed by atoms with Crippen LogP contribution in [-0.4, -0.2) is 39.4 Å². The summed E-state index contributed by atoms with van der Waals surface area (Å²) in [6, 6.07) is 8.13. The molecule has 116 valence electrons. The van der Waals surface area contributed by atoms with E-state index in [1.165, 1.54) is 0 Å². The molecule has 1 fully saturated rings. The van der Waals surface area contributed by atoms with E-state index in [1.807, 2.05) is 12.1 Å². The van der Waals surface area contributed by atoms with E-state index >= 15 is 0 Å². The first-order valence-electron chi connectivity index (χ1n) is 6.84. The van der Waals surface area contributed by atoms with Crippen LogP contribution >= 0.6 is 39.5 Å². The predicted octanol–water partition coefficient (Wildman–Crippen LogP) is 3.30. The first-order valence-corrected chi connectivity index (χ1v) is 9.60. The second-order valence-electron chi connectivity index (χ2n) is 5.83. The number of halogens is 1. The molecule has 1 amide bonds. The first-order chi connectivity index (χ1) is 9.81. The number of hydrogen-bond donors (Lipinski definition) is 2. The highest BCUT2D eigenvalue weighted by molar-refractivity contribution is 9.10. The van der Waals surface area contributed by atoms with Crippen molar-refractivity contribution in [1.82, 2.24) is 5.32 Å². The second-order valence-corrected chi connectivity index (χ2v) is 9.63. The SMILES string of the molecule is CC(C)(CNC(=O)C1(O)CCSC1)Sc1ccc(Br)cc1. The van der Waals surface area contributed by atoms with Crippen molar-refractivity contribution in [2.45, 2.75) is 35.5 Å². The van der Waals surface area contributed by atoms with Crippen molar-refractivity contribution >= 4 is 45.4 Å². The van der Waals surface area contributed by atoms with E-state index in [9.17, 15) is 9.90 Å². The third kappa shape index (κ3) is 4.91. The predicted molar refractivity (Wildman–Crippen MR) is 94.0 cm³/mol. The highest BCUT2D eigenvalue weighted by atomic mass is 79.9. The van der Waals surface area contributed by atoms with E-state index in [0.717, 1.165) is 15.1 Å². The van der Waals surface area contributed by atoms with E-state index in [4.69, 9.17) is 0 Å². The lowest BCUT2D eigenvalue weighted by Crippen LogP contribution is -2.49. The van der Waals surface area contributed by atoms with Gasteiger partial charge in [0.15, 0.2) is 5.60 Å². The van der Waals surface area contributed by atoms with Crippen LogP contribution in [0, 0.1) is 0 Å². The number of thioether (sulfide) groups is 2. The van der Waals surface area contributed by atoms with Crippen LogP contribution in [0.2, 0.25) is 0 Å². The third-order valence-corrected chi connectivity index (χ3v) is 6.21. The first kappa shape index (κ1) is 17.2. The summed E-state index contributed by atoms with van der Waals surface area (Å²) in [4.78, 5) is 13.3. The Labute approximate surface area is 142 Å². The zero-order valence-corrected chi connectivity index (χ0v) is 15.4. The summed E-state index contributed by atoms with van der Waals surface area (Å²) in [6.45, 7) is 4.71. The van der Waals surface area contributed by atoms with Crippen molar-refractivity contribution in [2.75, 3.05) is 18.1 Å². The van der Waals surface area contributed by atoms with Crippen molar-refractivity contribution < 1.29 is 9.90 Å². The minimum absolute atomic E-state index is 0.133. The lowest BCUT2D eigenvalue weighted by atomic mass is 10.0. The molecule has 1 aromatic rings. The van der Waals surface area contributed by atoms with Crippen molar-refractivity contribution in [1.29, 1.82) is 0 Å². The Balaban J connectivity index is 1.88. The smallest absolute Gasteiger partial charge is 0.252 e. The zero-order valence-electron chi connectivity index (χ0n) is 12.2. The number of carbonyl (C=O) groups is 1. The van der Waals surface area contributed by atoms with Crippen LogP contribution in [-0.2, 0) is 4.79 Å². The average molecular weight is 390 g/mol. The lowest BCUT2D eigenvalue weighted by molar-refractivity contribution is -0.137. The molecule has 21 heavy (non-hydrogen) atoms. The van der Waals surface area contributed by atoms with Crippen molar-refractivity contribution in [3.8, 4) is 0 Å². The van der Waals surface area contributed by atoms with Crippen LogP contribution in [0.1, 0.15) is 20.3 Å². The summed E-state index contributed by atoms with van der Waals surface area (Å²) in [5.74, 6) is 1.11. The zero-order chi connectivity index (χ0) is 15.5. The largest absolute Gasteiger partial charge is 0.379 e. The van der Waals surface area contributed by atoms with Crippen LogP contribution in [0.25, 0.3) is 0 Å². The molecule has 1 atom stereocenters. The second kappa shape index (κ2) is 6.94. The fourth-order valence-electron chi connectivity index (χ4n) is 2.05. The Morgan fingerprint density at radius 2 is 2.14 bits per heavy atom. The number of aliphatic hydroxyl groups is 1. The number of benzene rings is 1. The Morgan fingerprint density at radius 1 is 1.48 bits per heavy atom. The molecule has 6 heteroatoms. The van der Waals surface area contributed by atoms with Gasteiger partial charge >= 0.3 is 0 Å². The third-order valence-electron chi connectivity index (χ3n) is 3.31. The van der Waals surface area contributed by atoms with Gasteiger partial charge in [0.1, 0.15) is 0 Å². The van der Waals surface area contributed by atoms with Gasteiger partial charge in [0, 0.05) is 26.4 Å². The maximum absolute atomic E-state index is 12.1. The van der Waals surface area contributed by atoms with Gasteiger partial charge in [-0.3, -0.25) is 4.79 Å². The Kier molecular flexibility index (Phi) is 5.68. The van der Waals surface area contributed by atoms with E-state index < -0.39 is 5.60 Å². The minimum Gasteiger partial charge on any atom is -0.379 e. The van der Waals surface area contributed by atoms with E-state index in [1.54, 1.807) is 23.5 Å². The average Bonchev–Trinajstić information content (AvgIpc) is 2.87. The maximum Gasteiger partial charge on any atom is 0.252 e. The van der Waals surface area contributed by atoms with Gasteiger partial charge in [0.25, 0.3) is 5.91 Å². The molecule has 1 saturated heterocycles. The van der Waals surface area contributed by atoms with E-state index in [0.29, 0.717) is 18.7 Å². The molecule has 1 aliphatic rings. The molecule has 1 unspecified atom stereocenters. The number of rotatable bonds is 5. The molecule has 3 nitrogen and oxygen atoms in total. The molecular formula is C15H20BrNO2S2. The van der Waals surface area contributed by atoms with Crippen LogP contribution in [0.4, 0.5) is 0 Å². The van der Waals surface area contributed by atoms with Gasteiger partial charge in [-0.25, -0.2) is 0 Å². The van der Waals surface area contributed by atoms with Gasteiger partial charge in [-0.15, -0.1) is 11.8 Å². The van der Waals surface area contributed by atoms with Crippen molar-refractivity contribution in [3.63, 3.8) is 0 Å². The van der Waals surface area contributed by atoms with Crippen molar-refractivity contribution in [3.05, 3.63) is 28.7 Å². The summed E-state index contributed by atoms with van der Waals surface area (Å²) >= 11 is 6.76. The van der Waals surface area contributed by atoms with Crippen LogP contribution in [0.5, 0.6) is 0 Å². The van der Waals surface area contributed by atoms with Gasteiger partial charge < -0.3 is 10.4 Å². The topological polar surface area (TPSA) is 49.3 Å². The van der Waals surface area contributed by atoms with Crippen molar-refractivity contribution in [2.24, 2.45) is 0 Å². The highest BCUT2D eigenvalue weighted by Gasteiger charge is 2.39. The number of nitrogens with one attached hydrogen (secondary N) is 1. The Morgan fingerprint density at radius 3 is 2.71 bits per heavy atom. The molecule has 0 spiro atoms. The standard InChI is InChI=1S/C15H20BrNO2S2/c1-14(2,21-12-5-3-11(16)4-6-12)9-17-13(18)15(19)7-8-20-10-15/h3-6,19H,7-10H2,1-2H3,(H,17,18). The molecule has 2 N–H and O–H groups in total. The maximum atomic E-state index is 12.1. The van der Waals surface area contributed by atoms with Gasteiger partial charge in [-0.05, 0) is 50.3 Å². The Bertz CT molecular complexity index is 499. The van der Waals surface area contributed by atoms with Gasteiger partial charge in [-0.2, -0.15) is 11.8 Å². The molecule has 0 bridgehead atoms. The summed E-state index contributed by atoms with van der Waals surface area (Å²) in [5.41, 5.74) is -1.18. The molecule has 0 aromatic heterocycles. The van der Waals surface area contributed by atoms with Crippen LogP contribution < -0.4 is 5.32 Å². The van der Waals surface area contributed by atoms with Gasteiger partial charge in [0.05, 0.1) is 0 Å². The molecular weight excluding hydrogens is 370 g/mol. The van der Waals surface area contributed by atoms with Crippen LogP contribution in [0.3, 0.4) is 0 Å². The number of carbonyl (C=O) groups excluding carboxylic acids is 1. The summed E-state index contributed by atoms with van der Waals surface area (Å²) in [7, 11) is 0. The monoisotopic (exact) mass is 389 g/mol. The lowest BCUT2D eigenvalue weighted by Gasteiger charge is -2.27. The molecule has 1 aliphatic heterocycles. The molecule has 0 saturated carbocycles. The van der Waals surface area contributed by atoms with Crippen LogP contribution in [0.15, 0.2) is 33.6 Å². The fourth-order valence-corrected chi connectivity index (χ4v) is 4.61. The molecule has 1 aromatic carbocycles. The highest BCUT2D eigenvalue weighted by Crippen LogP contribution is 2.33. The molecule has 0 aliphatic carbocycles. The molecule has 2 rings (SSSR count). The summed E-state index contributed by atoms with van der Waals surface area (Å²) in [5, 5.41) is 13.1. The van der Waals surface area contributed by atoms with E-state index in [2.05, 4.69) is 47.2 Å². The molecule has 0 radical (unpaired) electrons. The summed E-state index contributed by atoms with van der Waals surface area (Å²) in [6.07, 6.45) is 0.545. The number of hydrogen-bond acceptors (Lipinski definition) is 4. The fraction of sp³-hybridized carbons (Fsp3) is 0.533. The van der Waals surface area contributed by atoms with E-state index in [-0.39, 0.29) is 10.7 Å². The normalized spacial score (nSPS) is 22.3. The molecule has 1 heterocycles. The summed E-state index contributed by atoms with van der Waals surface area (Å²) < 4.78 is 0.921. The quantitative estimate of drug-likeness (QED) is 0.758. The number of amides is 1. The van der Waals surface area contributed by atoms with Gasteiger partial charge in [0.2, 0.25) is 0 Å².